The molecule has 2 unspecified atom stereocenters. The second kappa shape index (κ2) is 3.05. The van der Waals surface area contributed by atoms with E-state index < -0.39 is 0 Å². The molecule has 64 valence electrons. The Morgan fingerprint density at radius 3 is 2.00 bits per heavy atom. The summed E-state index contributed by atoms with van der Waals surface area (Å²) >= 11 is 0. The topological polar surface area (TPSA) is 0 Å². The van der Waals surface area contributed by atoms with E-state index in [0.717, 1.165) is 11.3 Å². The van der Waals surface area contributed by atoms with E-state index in [9.17, 15) is 0 Å². The molecule has 0 aromatic carbocycles. The van der Waals surface area contributed by atoms with Crippen molar-refractivity contribution in [2.24, 2.45) is 0 Å². The van der Waals surface area contributed by atoms with Gasteiger partial charge in [-0.2, -0.15) is 0 Å². The molecule has 2 fully saturated rings. The van der Waals surface area contributed by atoms with Gasteiger partial charge in [0, 0.05) is 0 Å². The monoisotopic (exact) mass is 170 g/mol. The maximum absolute atomic E-state index is 2.48. The van der Waals surface area contributed by atoms with Crippen LogP contribution in [-0.4, -0.2) is 17.0 Å². The molecule has 2 rings (SSSR count). The summed E-state index contributed by atoms with van der Waals surface area (Å²) in [5.41, 5.74) is 3.41. The second-order valence-electron chi connectivity index (χ2n) is 4.32. The van der Waals surface area contributed by atoms with Gasteiger partial charge in [-0.3, -0.25) is 0 Å². The van der Waals surface area contributed by atoms with Gasteiger partial charge in [-0.05, 0) is 36.2 Å². The molecule has 0 radical (unpaired) electrons. The lowest BCUT2D eigenvalue weighted by Gasteiger charge is -2.45. The van der Waals surface area contributed by atoms with Gasteiger partial charge in [0.2, 0.25) is 0 Å². The van der Waals surface area contributed by atoms with E-state index in [4.69, 9.17) is 0 Å². The molecule has 1 aliphatic carbocycles. The first-order chi connectivity index (χ1) is 5.29. The fourth-order valence-electron chi connectivity index (χ4n) is 2.96. The van der Waals surface area contributed by atoms with E-state index in [0.29, 0.717) is 7.92 Å². The van der Waals surface area contributed by atoms with Gasteiger partial charge < -0.3 is 0 Å². The normalized spacial score (nSPS) is 45.8. The molecule has 2 atom stereocenters. The van der Waals surface area contributed by atoms with Crippen molar-refractivity contribution in [1.29, 1.82) is 0 Å². The highest BCUT2D eigenvalue weighted by molar-refractivity contribution is 7.61. The zero-order valence-electron chi connectivity index (χ0n) is 7.71. The van der Waals surface area contributed by atoms with E-state index in [2.05, 4.69) is 13.8 Å². The third-order valence-electron chi connectivity index (χ3n) is 3.45. The molecule has 1 heteroatoms. The Labute approximate surface area is 71.5 Å². The van der Waals surface area contributed by atoms with Gasteiger partial charge in [-0.1, -0.05) is 34.6 Å². The molecular formula is C10H19P. The van der Waals surface area contributed by atoms with Crippen LogP contribution in [0, 0.1) is 0 Å². The van der Waals surface area contributed by atoms with Crippen LogP contribution in [0.2, 0.25) is 0 Å². The highest BCUT2D eigenvalue weighted by Crippen LogP contribution is 2.65. The fraction of sp³-hybridized carbons (Fsp3) is 1.00. The van der Waals surface area contributed by atoms with Crippen LogP contribution in [0.15, 0.2) is 0 Å². The van der Waals surface area contributed by atoms with Crippen molar-refractivity contribution in [3.8, 4) is 0 Å². The Bertz CT molecular complexity index is 130. The van der Waals surface area contributed by atoms with Gasteiger partial charge in [0.15, 0.2) is 0 Å². The smallest absolute Gasteiger partial charge is 0.0204 e. The first-order valence-electron chi connectivity index (χ1n) is 5.06. The largest absolute Gasteiger partial charge is 0.0977 e. The van der Waals surface area contributed by atoms with Crippen LogP contribution in [-0.2, 0) is 0 Å². The van der Waals surface area contributed by atoms with Crippen LogP contribution in [0.5, 0.6) is 0 Å². The molecule has 0 aromatic rings. The first kappa shape index (κ1) is 8.05. The minimum absolute atomic E-state index is 0.479. The predicted molar refractivity (Wildman–Crippen MR) is 52.7 cm³/mol. The Morgan fingerprint density at radius 2 is 1.55 bits per heavy atom. The third kappa shape index (κ3) is 1.35. The van der Waals surface area contributed by atoms with Gasteiger partial charge in [0.1, 0.15) is 0 Å². The summed E-state index contributed by atoms with van der Waals surface area (Å²) in [5.74, 6) is 0. The van der Waals surface area contributed by atoms with E-state index in [-0.39, 0.29) is 0 Å². The Morgan fingerprint density at radius 1 is 1.00 bits per heavy atom. The molecule has 0 bridgehead atoms. The summed E-state index contributed by atoms with van der Waals surface area (Å²) in [6.07, 6.45) is 7.73. The minimum Gasteiger partial charge on any atom is -0.0977 e. The molecule has 0 N–H and O–H groups in total. The molecule has 0 amide bonds. The molecule has 0 spiro atoms. The molecule has 0 aromatic heterocycles. The summed E-state index contributed by atoms with van der Waals surface area (Å²) in [4.78, 5) is 0. The van der Waals surface area contributed by atoms with Crippen LogP contribution in [0.4, 0.5) is 0 Å². The molecule has 1 heterocycles. The quantitative estimate of drug-likeness (QED) is 0.527. The first-order valence-corrected chi connectivity index (χ1v) is 6.61. The number of hydrogen-bond acceptors (Lipinski definition) is 0. The highest BCUT2D eigenvalue weighted by Gasteiger charge is 2.40. The number of hydrogen-bond donors (Lipinski definition) is 0. The maximum atomic E-state index is 2.48. The van der Waals surface area contributed by atoms with E-state index in [1.165, 1.54) is 24.9 Å². The minimum atomic E-state index is 0.479. The molecule has 0 nitrogen and oxygen atoms in total. The lowest BCUT2D eigenvalue weighted by molar-refractivity contribution is 0.676. The van der Waals surface area contributed by atoms with Gasteiger partial charge in [0.25, 0.3) is 0 Å². The van der Waals surface area contributed by atoms with Crippen molar-refractivity contribution in [2.75, 3.05) is 0 Å². The van der Waals surface area contributed by atoms with Crippen LogP contribution in [0.3, 0.4) is 0 Å². The van der Waals surface area contributed by atoms with Gasteiger partial charge in [-0.15, -0.1) is 0 Å². The molecule has 1 aliphatic heterocycles. The fourth-order valence-corrected chi connectivity index (χ4v) is 6.95. The summed E-state index contributed by atoms with van der Waals surface area (Å²) in [6.45, 7) is 4.95. The Kier molecular flexibility index (Phi) is 2.23. The van der Waals surface area contributed by atoms with Crippen molar-refractivity contribution in [3.05, 3.63) is 0 Å². The van der Waals surface area contributed by atoms with Crippen molar-refractivity contribution < 1.29 is 0 Å². The van der Waals surface area contributed by atoms with Gasteiger partial charge in [-0.25, -0.2) is 0 Å². The molecular weight excluding hydrogens is 151 g/mol. The maximum Gasteiger partial charge on any atom is -0.0204 e. The lowest BCUT2D eigenvalue weighted by Crippen LogP contribution is -2.30. The van der Waals surface area contributed by atoms with Crippen LogP contribution < -0.4 is 0 Å². The summed E-state index contributed by atoms with van der Waals surface area (Å²) < 4.78 is 0. The molecule has 1 saturated carbocycles. The average molecular weight is 170 g/mol. The van der Waals surface area contributed by atoms with Crippen LogP contribution in [0.1, 0.15) is 46.0 Å². The number of rotatable bonds is 1. The van der Waals surface area contributed by atoms with Crippen molar-refractivity contribution in [3.63, 3.8) is 0 Å². The standard InChI is InChI=1S/C10H19P/c1-8-7-9(2)11(8)10-5-3-4-6-10/h8-10H,3-7H2,1-2H3. The molecule has 2 aliphatic rings. The highest BCUT2D eigenvalue weighted by atomic mass is 31.1. The Hall–Kier alpha value is 0.430. The average Bonchev–Trinajstić information content (AvgIpc) is 2.39. The molecule has 11 heavy (non-hydrogen) atoms. The summed E-state index contributed by atoms with van der Waals surface area (Å²) in [5, 5.41) is 0. The zero-order chi connectivity index (χ0) is 7.84. The van der Waals surface area contributed by atoms with Crippen molar-refractivity contribution in [1.82, 2.24) is 0 Å². The van der Waals surface area contributed by atoms with Crippen molar-refractivity contribution in [2.45, 2.75) is 62.9 Å². The summed E-state index contributed by atoms with van der Waals surface area (Å²) in [6, 6.07) is 0. The summed E-state index contributed by atoms with van der Waals surface area (Å²) in [7, 11) is 0.479. The lowest BCUT2D eigenvalue weighted by atomic mass is 10.2. The van der Waals surface area contributed by atoms with Crippen LogP contribution >= 0.6 is 7.92 Å². The van der Waals surface area contributed by atoms with Gasteiger partial charge >= 0.3 is 0 Å². The Balaban J connectivity index is 1.92. The predicted octanol–water partition coefficient (Wildman–Crippen LogP) is 3.59. The second-order valence-corrected chi connectivity index (χ2v) is 7.71. The SMILES string of the molecule is CC1CC(C)P1C1CCCC1. The van der Waals surface area contributed by atoms with E-state index in [1.54, 1.807) is 12.8 Å². The van der Waals surface area contributed by atoms with Crippen LogP contribution in [0.25, 0.3) is 0 Å². The van der Waals surface area contributed by atoms with E-state index >= 15 is 0 Å². The zero-order valence-corrected chi connectivity index (χ0v) is 8.61. The van der Waals surface area contributed by atoms with Crippen molar-refractivity contribution >= 4 is 7.92 Å². The van der Waals surface area contributed by atoms with Gasteiger partial charge in [0.05, 0.1) is 0 Å². The third-order valence-corrected chi connectivity index (χ3v) is 7.26. The molecule has 1 saturated heterocycles. The van der Waals surface area contributed by atoms with E-state index in [1.807, 2.05) is 0 Å².